The molecule has 0 radical (unpaired) electrons. The van der Waals surface area contributed by atoms with Crippen molar-refractivity contribution in [1.82, 2.24) is 4.90 Å². The van der Waals surface area contributed by atoms with Gasteiger partial charge in [0.15, 0.2) is 11.5 Å². The molecule has 25 heavy (non-hydrogen) atoms. The highest BCUT2D eigenvalue weighted by molar-refractivity contribution is 5.48. The lowest BCUT2D eigenvalue weighted by Gasteiger charge is -2.40. The number of fused-ring (bicyclic) bond motifs is 1. The van der Waals surface area contributed by atoms with Crippen molar-refractivity contribution in [3.05, 3.63) is 53.8 Å². The molecule has 0 aromatic heterocycles. The molecule has 2 N–H and O–H groups in total. The SMILES string of the molecule is NC[C@H](c1ccc2c(c1)OCO2)N1CCN(c2ccccc2F)CC1. The van der Waals surface area contributed by atoms with Crippen molar-refractivity contribution in [3.8, 4) is 11.5 Å². The summed E-state index contributed by atoms with van der Waals surface area (Å²) in [7, 11) is 0. The first-order chi connectivity index (χ1) is 12.3. The maximum Gasteiger partial charge on any atom is 0.231 e. The summed E-state index contributed by atoms with van der Waals surface area (Å²) in [5.74, 6) is 1.40. The number of hydrogen-bond acceptors (Lipinski definition) is 5. The van der Waals surface area contributed by atoms with Gasteiger partial charge in [-0.3, -0.25) is 4.90 Å². The molecule has 2 aliphatic heterocycles. The monoisotopic (exact) mass is 343 g/mol. The van der Waals surface area contributed by atoms with E-state index in [1.807, 2.05) is 30.3 Å². The molecule has 132 valence electrons. The van der Waals surface area contributed by atoms with E-state index in [1.165, 1.54) is 6.07 Å². The third kappa shape index (κ3) is 3.15. The smallest absolute Gasteiger partial charge is 0.231 e. The average molecular weight is 343 g/mol. The van der Waals surface area contributed by atoms with Crippen LogP contribution in [-0.4, -0.2) is 44.4 Å². The van der Waals surface area contributed by atoms with E-state index >= 15 is 0 Å². The summed E-state index contributed by atoms with van der Waals surface area (Å²) in [6.45, 7) is 4.03. The van der Waals surface area contributed by atoms with E-state index in [1.54, 1.807) is 6.07 Å². The zero-order chi connectivity index (χ0) is 17.2. The Morgan fingerprint density at radius 1 is 1.00 bits per heavy atom. The maximum atomic E-state index is 14.0. The van der Waals surface area contributed by atoms with Crippen LogP contribution in [0.1, 0.15) is 11.6 Å². The van der Waals surface area contributed by atoms with E-state index in [-0.39, 0.29) is 18.7 Å². The minimum Gasteiger partial charge on any atom is -0.454 e. The number of piperazine rings is 1. The van der Waals surface area contributed by atoms with Gasteiger partial charge >= 0.3 is 0 Å². The normalized spacial score (nSPS) is 18.4. The zero-order valence-corrected chi connectivity index (χ0v) is 14.0. The largest absolute Gasteiger partial charge is 0.454 e. The third-order valence-electron chi connectivity index (χ3n) is 4.95. The molecular formula is C19H22FN3O2. The summed E-state index contributed by atoms with van der Waals surface area (Å²) in [6, 6.07) is 13.1. The Morgan fingerprint density at radius 3 is 2.52 bits per heavy atom. The fourth-order valence-electron chi connectivity index (χ4n) is 3.60. The molecule has 4 rings (SSSR count). The quantitative estimate of drug-likeness (QED) is 0.924. The average Bonchev–Trinajstić information content (AvgIpc) is 3.11. The minimum atomic E-state index is -0.165. The first kappa shape index (κ1) is 16.2. The summed E-state index contributed by atoms with van der Waals surface area (Å²) >= 11 is 0. The van der Waals surface area contributed by atoms with Gasteiger partial charge in [0.1, 0.15) is 5.82 Å². The number of anilines is 1. The molecule has 0 aliphatic carbocycles. The summed E-state index contributed by atoms with van der Waals surface area (Å²) in [5.41, 5.74) is 7.87. The van der Waals surface area contributed by atoms with Crippen molar-refractivity contribution >= 4 is 5.69 Å². The lowest BCUT2D eigenvalue weighted by Crippen LogP contribution is -2.49. The molecule has 1 atom stereocenters. The molecule has 2 aliphatic rings. The van der Waals surface area contributed by atoms with E-state index in [4.69, 9.17) is 15.2 Å². The van der Waals surface area contributed by atoms with Gasteiger partial charge in [-0.05, 0) is 29.8 Å². The summed E-state index contributed by atoms with van der Waals surface area (Å²) in [4.78, 5) is 4.45. The Balaban J connectivity index is 1.46. The number of nitrogens with zero attached hydrogens (tertiary/aromatic N) is 2. The highest BCUT2D eigenvalue weighted by atomic mass is 19.1. The number of nitrogens with two attached hydrogens (primary N) is 1. The van der Waals surface area contributed by atoms with Gasteiger partial charge in [-0.25, -0.2) is 4.39 Å². The minimum absolute atomic E-state index is 0.122. The number of hydrogen-bond donors (Lipinski definition) is 1. The molecule has 2 aromatic rings. The van der Waals surface area contributed by atoms with Gasteiger partial charge in [0.25, 0.3) is 0 Å². The van der Waals surface area contributed by atoms with Crippen LogP contribution in [0.3, 0.4) is 0 Å². The summed E-state index contributed by atoms with van der Waals surface area (Å²) < 4.78 is 24.8. The van der Waals surface area contributed by atoms with Crippen LogP contribution in [0.5, 0.6) is 11.5 Å². The van der Waals surface area contributed by atoms with Crippen molar-refractivity contribution in [1.29, 1.82) is 0 Å². The van der Waals surface area contributed by atoms with Crippen LogP contribution in [0, 0.1) is 5.82 Å². The predicted octanol–water partition coefficient (Wildman–Crippen LogP) is 2.38. The van der Waals surface area contributed by atoms with Crippen molar-refractivity contribution in [2.75, 3.05) is 44.4 Å². The second kappa shape index (κ2) is 6.90. The number of rotatable bonds is 4. The molecule has 2 heterocycles. The van der Waals surface area contributed by atoms with Crippen LogP contribution in [0.2, 0.25) is 0 Å². The molecule has 5 nitrogen and oxygen atoms in total. The second-order valence-corrected chi connectivity index (χ2v) is 6.34. The van der Waals surface area contributed by atoms with Crippen LogP contribution in [0.4, 0.5) is 10.1 Å². The summed E-state index contributed by atoms with van der Waals surface area (Å²) in [6.07, 6.45) is 0. The molecule has 1 fully saturated rings. The van der Waals surface area contributed by atoms with E-state index < -0.39 is 0 Å². The number of halogens is 1. The molecule has 0 saturated carbocycles. The van der Waals surface area contributed by atoms with Gasteiger partial charge in [-0.15, -0.1) is 0 Å². The van der Waals surface area contributed by atoms with Crippen molar-refractivity contribution < 1.29 is 13.9 Å². The Morgan fingerprint density at radius 2 is 1.76 bits per heavy atom. The van der Waals surface area contributed by atoms with Gasteiger partial charge < -0.3 is 20.1 Å². The van der Waals surface area contributed by atoms with Crippen LogP contribution >= 0.6 is 0 Å². The van der Waals surface area contributed by atoms with Crippen LogP contribution in [-0.2, 0) is 0 Å². The number of para-hydroxylation sites is 1. The Kier molecular flexibility index (Phi) is 4.46. The van der Waals surface area contributed by atoms with Crippen LogP contribution in [0.25, 0.3) is 0 Å². The molecule has 2 aromatic carbocycles. The Hall–Kier alpha value is -2.31. The molecule has 0 amide bonds. The molecule has 1 saturated heterocycles. The van der Waals surface area contributed by atoms with Crippen LogP contribution in [0.15, 0.2) is 42.5 Å². The number of benzene rings is 2. The standard InChI is InChI=1S/C19H22FN3O2/c20-15-3-1-2-4-16(15)22-7-9-23(10-8-22)17(12-21)14-5-6-18-19(11-14)25-13-24-18/h1-6,11,17H,7-10,12-13,21H2/t17-/m1/s1. The maximum absolute atomic E-state index is 14.0. The topological polar surface area (TPSA) is 51.0 Å². The van der Waals surface area contributed by atoms with Gasteiger partial charge in [0.05, 0.1) is 5.69 Å². The lowest BCUT2D eigenvalue weighted by atomic mass is 10.0. The van der Waals surface area contributed by atoms with Gasteiger partial charge in [-0.1, -0.05) is 18.2 Å². The van der Waals surface area contributed by atoms with Gasteiger partial charge in [0.2, 0.25) is 6.79 Å². The Bertz CT molecular complexity index is 747. The zero-order valence-electron chi connectivity index (χ0n) is 14.0. The van der Waals surface area contributed by atoms with Gasteiger partial charge in [0, 0.05) is 38.8 Å². The van der Waals surface area contributed by atoms with E-state index in [0.29, 0.717) is 12.2 Å². The van der Waals surface area contributed by atoms with Crippen molar-refractivity contribution in [3.63, 3.8) is 0 Å². The van der Waals surface area contributed by atoms with E-state index in [2.05, 4.69) is 9.80 Å². The highest BCUT2D eigenvalue weighted by Crippen LogP contribution is 2.35. The highest BCUT2D eigenvalue weighted by Gasteiger charge is 2.26. The molecular weight excluding hydrogens is 321 g/mol. The second-order valence-electron chi connectivity index (χ2n) is 6.34. The Labute approximate surface area is 146 Å². The van der Waals surface area contributed by atoms with E-state index in [9.17, 15) is 4.39 Å². The molecule has 0 unspecified atom stereocenters. The van der Waals surface area contributed by atoms with Gasteiger partial charge in [-0.2, -0.15) is 0 Å². The fraction of sp³-hybridized carbons (Fsp3) is 0.368. The fourth-order valence-corrected chi connectivity index (χ4v) is 3.60. The third-order valence-corrected chi connectivity index (χ3v) is 4.95. The molecule has 6 heteroatoms. The lowest BCUT2D eigenvalue weighted by molar-refractivity contribution is 0.173. The molecule has 0 spiro atoms. The van der Waals surface area contributed by atoms with E-state index in [0.717, 1.165) is 43.2 Å². The number of ether oxygens (including phenoxy) is 2. The van der Waals surface area contributed by atoms with Crippen LogP contribution < -0.4 is 20.1 Å². The summed E-state index contributed by atoms with van der Waals surface area (Å²) in [5, 5.41) is 0. The van der Waals surface area contributed by atoms with Crippen molar-refractivity contribution in [2.45, 2.75) is 6.04 Å². The first-order valence-corrected chi connectivity index (χ1v) is 8.59. The van der Waals surface area contributed by atoms with Crippen molar-refractivity contribution in [2.24, 2.45) is 5.73 Å². The molecule has 0 bridgehead atoms. The predicted molar refractivity (Wildman–Crippen MR) is 94.5 cm³/mol. The first-order valence-electron chi connectivity index (χ1n) is 8.59.